The van der Waals surface area contributed by atoms with Crippen LogP contribution in [0, 0.1) is 6.92 Å². The summed E-state index contributed by atoms with van der Waals surface area (Å²) in [7, 11) is 0. The first-order chi connectivity index (χ1) is 16.9. The van der Waals surface area contributed by atoms with Gasteiger partial charge in [-0.05, 0) is 50.1 Å². The Bertz CT molecular complexity index is 1280. The molecule has 0 saturated carbocycles. The van der Waals surface area contributed by atoms with Gasteiger partial charge in [0.25, 0.3) is 11.7 Å². The Kier molecular flexibility index (Phi) is 7.20. The number of nitrogens with zero attached hydrogens (tertiary/aromatic N) is 1. The first kappa shape index (κ1) is 24.1. The number of anilines is 1. The average Bonchev–Trinajstić information content (AvgIpc) is 3.13. The molecule has 1 aliphatic heterocycles. The Morgan fingerprint density at radius 1 is 0.914 bits per heavy atom. The van der Waals surface area contributed by atoms with Gasteiger partial charge in [-0.25, -0.2) is 0 Å². The first-order valence-electron chi connectivity index (χ1n) is 11.8. The maximum Gasteiger partial charge on any atom is 0.300 e. The molecule has 3 aromatic rings. The number of aliphatic hydroxyl groups excluding tert-OH is 1. The van der Waals surface area contributed by atoms with Gasteiger partial charge in [0.1, 0.15) is 17.3 Å². The normalized spacial score (nSPS) is 17.0. The third-order valence-corrected chi connectivity index (χ3v) is 5.79. The number of ketones is 1. The van der Waals surface area contributed by atoms with Crippen LogP contribution in [0.25, 0.3) is 5.76 Å². The number of carbonyl (C=O) groups is 2. The van der Waals surface area contributed by atoms with Crippen molar-refractivity contribution in [2.24, 2.45) is 0 Å². The predicted molar refractivity (Wildman–Crippen MR) is 136 cm³/mol. The maximum atomic E-state index is 13.4. The van der Waals surface area contributed by atoms with Crippen molar-refractivity contribution >= 4 is 23.1 Å². The van der Waals surface area contributed by atoms with E-state index in [2.05, 4.69) is 0 Å². The Balaban J connectivity index is 1.88. The molecule has 1 aliphatic rings. The summed E-state index contributed by atoms with van der Waals surface area (Å²) in [5, 5.41) is 11.4. The van der Waals surface area contributed by atoms with Crippen molar-refractivity contribution in [1.82, 2.24) is 0 Å². The van der Waals surface area contributed by atoms with Crippen LogP contribution in [0.4, 0.5) is 5.69 Å². The third kappa shape index (κ3) is 4.92. The molecule has 0 aliphatic carbocycles. The van der Waals surface area contributed by atoms with E-state index in [9.17, 15) is 14.7 Å². The van der Waals surface area contributed by atoms with Crippen LogP contribution in [-0.2, 0) is 9.59 Å². The number of amides is 1. The van der Waals surface area contributed by atoms with Crippen LogP contribution < -0.4 is 14.4 Å². The second-order valence-corrected chi connectivity index (χ2v) is 8.39. The van der Waals surface area contributed by atoms with E-state index in [0.717, 1.165) is 17.5 Å². The van der Waals surface area contributed by atoms with Gasteiger partial charge in [0.2, 0.25) is 0 Å². The molecule has 180 valence electrons. The number of hydrogen-bond acceptors (Lipinski definition) is 5. The molecule has 6 heteroatoms. The molecule has 1 atom stereocenters. The molecular weight excluding hydrogens is 442 g/mol. The SMILES string of the molecule is CCCOc1cccc(/C(O)=C2\C(=O)C(=O)N(c3cccc(OCC)c3)C2c2cccc(C)c2)c1. The van der Waals surface area contributed by atoms with E-state index in [4.69, 9.17) is 9.47 Å². The molecule has 6 nitrogen and oxygen atoms in total. The van der Waals surface area contributed by atoms with Gasteiger partial charge in [-0.3, -0.25) is 14.5 Å². The van der Waals surface area contributed by atoms with Crippen molar-refractivity contribution < 1.29 is 24.2 Å². The van der Waals surface area contributed by atoms with Crippen LogP contribution in [0.1, 0.15) is 43.0 Å². The van der Waals surface area contributed by atoms with Gasteiger partial charge in [-0.15, -0.1) is 0 Å². The van der Waals surface area contributed by atoms with Crippen molar-refractivity contribution in [3.8, 4) is 11.5 Å². The number of aliphatic hydroxyl groups is 1. The maximum absolute atomic E-state index is 13.4. The number of rotatable bonds is 8. The lowest BCUT2D eigenvalue weighted by Gasteiger charge is -2.26. The molecule has 0 bridgehead atoms. The first-order valence-corrected chi connectivity index (χ1v) is 11.8. The summed E-state index contributed by atoms with van der Waals surface area (Å²) in [5.41, 5.74) is 2.67. The highest BCUT2D eigenvalue weighted by molar-refractivity contribution is 6.51. The predicted octanol–water partition coefficient (Wildman–Crippen LogP) is 5.81. The molecule has 4 rings (SSSR count). The number of Topliss-reactive ketones (excluding diaryl/α,β-unsaturated/α-hetero) is 1. The smallest absolute Gasteiger partial charge is 0.300 e. The fourth-order valence-corrected chi connectivity index (χ4v) is 4.25. The van der Waals surface area contributed by atoms with Gasteiger partial charge in [-0.1, -0.05) is 55.0 Å². The van der Waals surface area contributed by atoms with E-state index in [-0.39, 0.29) is 11.3 Å². The Hall–Kier alpha value is -4.06. The summed E-state index contributed by atoms with van der Waals surface area (Å²) in [4.78, 5) is 28.2. The molecule has 35 heavy (non-hydrogen) atoms. The zero-order valence-corrected chi connectivity index (χ0v) is 20.2. The minimum Gasteiger partial charge on any atom is -0.507 e. The summed E-state index contributed by atoms with van der Waals surface area (Å²) in [6.45, 7) is 6.84. The molecule has 0 radical (unpaired) electrons. The fraction of sp³-hybridized carbons (Fsp3) is 0.241. The lowest BCUT2D eigenvalue weighted by atomic mass is 9.94. The lowest BCUT2D eigenvalue weighted by molar-refractivity contribution is -0.132. The Morgan fingerprint density at radius 2 is 1.63 bits per heavy atom. The molecule has 1 amide bonds. The Labute approximate surface area is 205 Å². The van der Waals surface area contributed by atoms with Crippen LogP contribution in [0.15, 0.2) is 78.4 Å². The highest BCUT2D eigenvalue weighted by Gasteiger charge is 2.47. The van der Waals surface area contributed by atoms with E-state index >= 15 is 0 Å². The number of hydrogen-bond donors (Lipinski definition) is 1. The van der Waals surface area contributed by atoms with Crippen LogP contribution in [-0.4, -0.2) is 30.0 Å². The second-order valence-electron chi connectivity index (χ2n) is 8.39. The molecule has 1 saturated heterocycles. The molecule has 1 fully saturated rings. The minimum absolute atomic E-state index is 0.0371. The van der Waals surface area contributed by atoms with Gasteiger partial charge >= 0.3 is 0 Å². The van der Waals surface area contributed by atoms with E-state index in [1.54, 1.807) is 48.5 Å². The molecule has 1 N–H and O–H groups in total. The van der Waals surface area contributed by atoms with Crippen LogP contribution >= 0.6 is 0 Å². The molecule has 1 heterocycles. The van der Waals surface area contributed by atoms with Gasteiger partial charge in [-0.2, -0.15) is 0 Å². The third-order valence-electron chi connectivity index (χ3n) is 5.79. The van der Waals surface area contributed by atoms with Crippen molar-refractivity contribution in [2.75, 3.05) is 18.1 Å². The summed E-state index contributed by atoms with van der Waals surface area (Å²) in [6.07, 6.45) is 0.843. The number of ether oxygens (including phenoxy) is 2. The van der Waals surface area contributed by atoms with E-state index < -0.39 is 17.7 Å². The quantitative estimate of drug-likeness (QED) is 0.255. The Morgan fingerprint density at radius 3 is 2.34 bits per heavy atom. The number of benzene rings is 3. The highest BCUT2D eigenvalue weighted by atomic mass is 16.5. The van der Waals surface area contributed by atoms with Crippen molar-refractivity contribution in [3.05, 3.63) is 95.1 Å². The topological polar surface area (TPSA) is 76.1 Å². The average molecular weight is 472 g/mol. The van der Waals surface area contributed by atoms with Crippen LogP contribution in [0.2, 0.25) is 0 Å². The van der Waals surface area contributed by atoms with Gasteiger partial charge in [0.05, 0.1) is 24.8 Å². The van der Waals surface area contributed by atoms with Crippen LogP contribution in [0.5, 0.6) is 11.5 Å². The van der Waals surface area contributed by atoms with Crippen molar-refractivity contribution in [2.45, 2.75) is 33.2 Å². The van der Waals surface area contributed by atoms with Crippen molar-refractivity contribution in [1.29, 1.82) is 0 Å². The second kappa shape index (κ2) is 10.5. The van der Waals surface area contributed by atoms with E-state index in [1.807, 2.05) is 45.0 Å². The van der Waals surface area contributed by atoms with Gasteiger partial charge in [0, 0.05) is 17.3 Å². The summed E-state index contributed by atoms with van der Waals surface area (Å²) in [6, 6.07) is 20.8. The summed E-state index contributed by atoms with van der Waals surface area (Å²) < 4.78 is 11.3. The molecule has 0 spiro atoms. The monoisotopic (exact) mass is 471 g/mol. The molecule has 3 aromatic carbocycles. The standard InChI is InChI=1S/C29H29NO5/c1-4-15-35-23-13-7-11-21(17-23)27(31)25-26(20-10-6-9-19(3)16-20)30(29(33)28(25)32)22-12-8-14-24(18-22)34-5-2/h6-14,16-18,26,31H,4-5,15H2,1-3H3/b27-25+. The molecular formula is C29H29NO5. The molecule has 0 aromatic heterocycles. The van der Waals surface area contributed by atoms with Crippen molar-refractivity contribution in [3.63, 3.8) is 0 Å². The van der Waals surface area contributed by atoms with E-state index in [0.29, 0.717) is 36.0 Å². The summed E-state index contributed by atoms with van der Waals surface area (Å²) in [5.74, 6) is -0.502. The summed E-state index contributed by atoms with van der Waals surface area (Å²) >= 11 is 0. The fourth-order valence-electron chi connectivity index (χ4n) is 4.25. The number of aryl methyl sites for hydroxylation is 1. The zero-order chi connectivity index (χ0) is 24.9. The zero-order valence-electron chi connectivity index (χ0n) is 20.2. The highest BCUT2D eigenvalue weighted by Crippen LogP contribution is 2.43. The van der Waals surface area contributed by atoms with Gasteiger partial charge < -0.3 is 14.6 Å². The molecule has 1 unspecified atom stereocenters. The minimum atomic E-state index is -0.799. The van der Waals surface area contributed by atoms with E-state index in [1.165, 1.54) is 4.90 Å². The number of carbonyl (C=O) groups excluding carboxylic acids is 2. The largest absolute Gasteiger partial charge is 0.507 e. The van der Waals surface area contributed by atoms with Gasteiger partial charge in [0.15, 0.2) is 0 Å². The lowest BCUT2D eigenvalue weighted by Crippen LogP contribution is -2.29. The van der Waals surface area contributed by atoms with Crippen LogP contribution in [0.3, 0.4) is 0 Å².